The third kappa shape index (κ3) is 3.89. The van der Waals surface area contributed by atoms with E-state index in [0.29, 0.717) is 37.1 Å². The number of amides is 1. The zero-order valence-corrected chi connectivity index (χ0v) is 11.9. The molecule has 0 saturated carbocycles. The van der Waals surface area contributed by atoms with Gasteiger partial charge >= 0.3 is 0 Å². The van der Waals surface area contributed by atoms with Crippen molar-refractivity contribution in [2.24, 2.45) is 0 Å². The summed E-state index contributed by atoms with van der Waals surface area (Å²) in [6, 6.07) is 0. The van der Waals surface area contributed by atoms with Crippen molar-refractivity contribution in [1.29, 1.82) is 0 Å². The van der Waals surface area contributed by atoms with Crippen molar-refractivity contribution < 1.29 is 14.3 Å². The van der Waals surface area contributed by atoms with Crippen LogP contribution in [-0.4, -0.2) is 66.5 Å². The third-order valence-corrected chi connectivity index (χ3v) is 3.34. The van der Waals surface area contributed by atoms with Gasteiger partial charge in [0, 0.05) is 26.0 Å². The van der Waals surface area contributed by atoms with E-state index in [4.69, 9.17) is 9.47 Å². The maximum absolute atomic E-state index is 12.2. The maximum Gasteiger partial charge on any atom is 0.256 e. The summed E-state index contributed by atoms with van der Waals surface area (Å²) in [4.78, 5) is 22.0. The highest BCUT2D eigenvalue weighted by Crippen LogP contribution is 2.09. The van der Waals surface area contributed by atoms with Crippen molar-refractivity contribution in [3.05, 3.63) is 18.0 Å². The number of rotatable bonds is 4. The van der Waals surface area contributed by atoms with E-state index < -0.39 is 0 Å². The topological polar surface area (TPSA) is 64.6 Å². The first-order valence-electron chi connectivity index (χ1n) is 6.01. The molecule has 6 nitrogen and oxygen atoms in total. The number of likely N-dealkylation sites (N-methyl/N-ethyl adjacent to an activating group) is 1. The Morgan fingerprint density at radius 1 is 1.47 bits per heavy atom. The molecule has 1 aromatic heterocycles. The fourth-order valence-corrected chi connectivity index (χ4v) is 2.10. The minimum absolute atomic E-state index is 0.0610. The molecule has 0 spiro atoms. The van der Waals surface area contributed by atoms with Gasteiger partial charge in [0.2, 0.25) is 0 Å². The number of nitrogens with zero attached hydrogens (tertiary/aromatic N) is 3. The molecule has 0 unspecified atom stereocenters. The highest BCUT2D eigenvalue weighted by atomic mass is 32.2. The van der Waals surface area contributed by atoms with Crippen LogP contribution in [0, 0.1) is 0 Å². The lowest BCUT2D eigenvalue weighted by Gasteiger charge is -2.27. The van der Waals surface area contributed by atoms with E-state index in [1.54, 1.807) is 24.3 Å². The van der Waals surface area contributed by atoms with E-state index in [0.717, 1.165) is 0 Å². The van der Waals surface area contributed by atoms with Gasteiger partial charge in [0.05, 0.1) is 31.5 Å². The number of carbonyl (C=O) groups excluding carboxylic acids is 1. The Balaban J connectivity index is 1.93. The standard InChI is InChI=1S/C12H17N3O3S/c1-15(7-10-8-17-3-4-18-10)11(16)9-5-13-12(19-2)14-6-9/h5-6,10H,3-4,7-8H2,1-2H3/t10-/m1/s1. The van der Waals surface area contributed by atoms with E-state index in [9.17, 15) is 4.79 Å². The van der Waals surface area contributed by atoms with Crippen LogP contribution in [-0.2, 0) is 9.47 Å². The summed E-state index contributed by atoms with van der Waals surface area (Å²) in [5.41, 5.74) is 0.483. The van der Waals surface area contributed by atoms with Crippen LogP contribution in [0.3, 0.4) is 0 Å². The van der Waals surface area contributed by atoms with Crippen molar-refractivity contribution in [1.82, 2.24) is 14.9 Å². The molecule has 0 aliphatic carbocycles. The SMILES string of the molecule is CSc1ncc(C(=O)N(C)C[C@@H]2COCCO2)cn1. The molecule has 2 heterocycles. The van der Waals surface area contributed by atoms with Crippen LogP contribution in [0.15, 0.2) is 17.6 Å². The summed E-state index contributed by atoms with van der Waals surface area (Å²) in [5, 5.41) is 0.656. The molecular weight excluding hydrogens is 266 g/mol. The Labute approximate surface area is 116 Å². The fourth-order valence-electron chi connectivity index (χ4n) is 1.78. The molecule has 1 atom stereocenters. The highest BCUT2D eigenvalue weighted by molar-refractivity contribution is 7.98. The van der Waals surface area contributed by atoms with Crippen molar-refractivity contribution in [3.8, 4) is 0 Å². The van der Waals surface area contributed by atoms with Gasteiger partial charge in [-0.2, -0.15) is 0 Å². The van der Waals surface area contributed by atoms with Gasteiger partial charge in [-0.05, 0) is 6.26 Å². The minimum atomic E-state index is -0.109. The molecule has 1 amide bonds. The molecular formula is C12H17N3O3S. The lowest BCUT2D eigenvalue weighted by atomic mass is 10.2. The molecule has 0 radical (unpaired) electrons. The molecule has 1 aliphatic rings. The molecule has 0 N–H and O–H groups in total. The zero-order chi connectivity index (χ0) is 13.7. The van der Waals surface area contributed by atoms with Crippen LogP contribution >= 0.6 is 11.8 Å². The van der Waals surface area contributed by atoms with Crippen LogP contribution in [0.2, 0.25) is 0 Å². The number of carbonyl (C=O) groups is 1. The summed E-state index contributed by atoms with van der Waals surface area (Å²) in [6.45, 7) is 2.24. The molecule has 1 fully saturated rings. The average Bonchev–Trinajstić information content (AvgIpc) is 2.47. The molecule has 2 rings (SSSR count). The number of aromatic nitrogens is 2. The van der Waals surface area contributed by atoms with Crippen molar-refractivity contribution >= 4 is 17.7 Å². The number of ether oxygens (including phenoxy) is 2. The van der Waals surface area contributed by atoms with E-state index in [-0.39, 0.29) is 12.0 Å². The van der Waals surface area contributed by atoms with Gasteiger partial charge in [0.1, 0.15) is 0 Å². The van der Waals surface area contributed by atoms with Gasteiger partial charge in [-0.1, -0.05) is 11.8 Å². The Morgan fingerprint density at radius 2 is 2.21 bits per heavy atom. The molecule has 7 heteroatoms. The van der Waals surface area contributed by atoms with E-state index in [1.807, 2.05) is 6.26 Å². The number of hydrogen-bond acceptors (Lipinski definition) is 6. The normalized spacial score (nSPS) is 19.2. The van der Waals surface area contributed by atoms with E-state index >= 15 is 0 Å². The number of thioether (sulfide) groups is 1. The summed E-state index contributed by atoms with van der Waals surface area (Å²) in [7, 11) is 1.74. The fraction of sp³-hybridized carbons (Fsp3) is 0.583. The zero-order valence-electron chi connectivity index (χ0n) is 11.0. The number of hydrogen-bond donors (Lipinski definition) is 0. The van der Waals surface area contributed by atoms with E-state index in [1.165, 1.54) is 11.8 Å². The summed E-state index contributed by atoms with van der Waals surface area (Å²) in [6.07, 6.45) is 4.93. The maximum atomic E-state index is 12.2. The first-order valence-corrected chi connectivity index (χ1v) is 7.24. The Hall–Kier alpha value is -1.18. The minimum Gasteiger partial charge on any atom is -0.376 e. The lowest BCUT2D eigenvalue weighted by molar-refractivity contribution is -0.0933. The molecule has 1 aliphatic heterocycles. The monoisotopic (exact) mass is 283 g/mol. The summed E-state index contributed by atoms with van der Waals surface area (Å²) < 4.78 is 10.8. The lowest BCUT2D eigenvalue weighted by Crippen LogP contribution is -2.40. The second-order valence-electron chi connectivity index (χ2n) is 4.21. The Kier molecular flexibility index (Phi) is 5.12. The largest absolute Gasteiger partial charge is 0.376 e. The van der Waals surface area contributed by atoms with Crippen molar-refractivity contribution in [3.63, 3.8) is 0 Å². The van der Waals surface area contributed by atoms with Gasteiger partial charge in [0.25, 0.3) is 5.91 Å². The molecule has 0 bridgehead atoms. The van der Waals surface area contributed by atoms with Gasteiger partial charge < -0.3 is 14.4 Å². The predicted molar refractivity (Wildman–Crippen MR) is 71.3 cm³/mol. The van der Waals surface area contributed by atoms with Crippen molar-refractivity contribution in [2.45, 2.75) is 11.3 Å². The van der Waals surface area contributed by atoms with Crippen LogP contribution in [0.5, 0.6) is 0 Å². The summed E-state index contributed by atoms with van der Waals surface area (Å²) >= 11 is 1.44. The molecule has 19 heavy (non-hydrogen) atoms. The van der Waals surface area contributed by atoms with Gasteiger partial charge in [-0.25, -0.2) is 9.97 Å². The predicted octanol–water partition coefficient (Wildman–Crippen LogP) is 0.686. The summed E-state index contributed by atoms with van der Waals surface area (Å²) in [5.74, 6) is -0.109. The van der Waals surface area contributed by atoms with Crippen LogP contribution in [0.4, 0.5) is 0 Å². The van der Waals surface area contributed by atoms with Crippen LogP contribution < -0.4 is 0 Å². The molecule has 1 saturated heterocycles. The Bertz CT molecular complexity index is 421. The first-order chi connectivity index (χ1) is 9.20. The first kappa shape index (κ1) is 14.2. The van der Waals surface area contributed by atoms with E-state index in [2.05, 4.69) is 9.97 Å². The van der Waals surface area contributed by atoms with Crippen molar-refractivity contribution in [2.75, 3.05) is 39.7 Å². The van der Waals surface area contributed by atoms with Gasteiger partial charge in [-0.15, -0.1) is 0 Å². The van der Waals surface area contributed by atoms with Crippen LogP contribution in [0.25, 0.3) is 0 Å². The Morgan fingerprint density at radius 3 is 2.79 bits per heavy atom. The highest BCUT2D eigenvalue weighted by Gasteiger charge is 2.20. The third-order valence-electron chi connectivity index (χ3n) is 2.77. The van der Waals surface area contributed by atoms with Gasteiger partial charge in [0.15, 0.2) is 5.16 Å². The average molecular weight is 283 g/mol. The molecule has 1 aromatic rings. The second kappa shape index (κ2) is 6.83. The van der Waals surface area contributed by atoms with Gasteiger partial charge in [-0.3, -0.25) is 4.79 Å². The molecule has 104 valence electrons. The molecule has 0 aromatic carbocycles. The van der Waals surface area contributed by atoms with Crippen LogP contribution in [0.1, 0.15) is 10.4 Å². The quantitative estimate of drug-likeness (QED) is 0.598. The second-order valence-corrected chi connectivity index (χ2v) is 4.99. The smallest absolute Gasteiger partial charge is 0.256 e.